The third kappa shape index (κ3) is 7.23. The van der Waals surface area contributed by atoms with Crippen molar-refractivity contribution in [2.45, 2.75) is 70.4 Å². The summed E-state index contributed by atoms with van der Waals surface area (Å²) in [7, 11) is 2.19. The van der Waals surface area contributed by atoms with Gasteiger partial charge in [0.25, 0.3) is 0 Å². The van der Waals surface area contributed by atoms with Crippen molar-refractivity contribution in [2.24, 2.45) is 17.8 Å². The Balaban J connectivity index is 1.23. The predicted molar refractivity (Wildman–Crippen MR) is 183 cm³/mol. The molecule has 4 amide bonds. The topological polar surface area (TPSA) is 96.4 Å². The standard InChI is InChI=1S/C36H48BrN5O4/c1-24-7-8-25(22-31(24)37)21-30(34(43)40-17-11-27(12-18-40)26-9-15-39(2)16-10-26)33-23-29(14-20-42(33)36(45)46)41-19-13-28-5-3-4-6-32(28)38-35(41)44/h3-8,22,26-27,29-30,33H,9-21,23H2,1-2H3,(H,38,44)(H,45,46)/t29?,30?,33-/m1/s1. The number of halogens is 1. The lowest BCUT2D eigenvalue weighted by Crippen LogP contribution is -2.59. The number of carbonyl (C=O) groups is 3. The molecule has 248 valence electrons. The van der Waals surface area contributed by atoms with Gasteiger partial charge in [-0.05, 0) is 119 Å². The van der Waals surface area contributed by atoms with E-state index in [2.05, 4.69) is 45.3 Å². The van der Waals surface area contributed by atoms with E-state index in [0.29, 0.717) is 38.3 Å². The molecule has 0 aliphatic carbocycles. The number of para-hydroxylation sites is 1. The smallest absolute Gasteiger partial charge is 0.407 e. The second-order valence-corrected chi connectivity index (χ2v) is 14.8. The number of nitrogens with one attached hydrogen (secondary N) is 1. The van der Waals surface area contributed by atoms with Crippen LogP contribution in [0.2, 0.25) is 0 Å². The number of nitrogens with zero attached hydrogens (tertiary/aromatic N) is 4. The molecule has 46 heavy (non-hydrogen) atoms. The molecule has 0 bridgehead atoms. The molecule has 2 aromatic carbocycles. The van der Waals surface area contributed by atoms with Gasteiger partial charge < -0.3 is 30.0 Å². The number of likely N-dealkylation sites (tertiary alicyclic amines) is 3. The number of anilines is 1. The average molecular weight is 695 g/mol. The molecule has 6 rings (SSSR count). The summed E-state index contributed by atoms with van der Waals surface area (Å²) in [5, 5.41) is 13.5. The Morgan fingerprint density at radius 1 is 0.957 bits per heavy atom. The zero-order valence-corrected chi connectivity index (χ0v) is 28.8. The first-order chi connectivity index (χ1) is 22.2. The quantitative estimate of drug-likeness (QED) is 0.382. The van der Waals surface area contributed by atoms with Crippen molar-refractivity contribution in [3.63, 3.8) is 0 Å². The Kier molecular flexibility index (Phi) is 10.2. The van der Waals surface area contributed by atoms with Crippen LogP contribution >= 0.6 is 15.9 Å². The molecule has 2 unspecified atom stereocenters. The van der Waals surface area contributed by atoms with Gasteiger partial charge >= 0.3 is 12.1 Å². The zero-order valence-electron chi connectivity index (χ0n) is 27.2. The maximum atomic E-state index is 14.6. The highest BCUT2D eigenvalue weighted by molar-refractivity contribution is 9.10. The Morgan fingerprint density at radius 2 is 1.65 bits per heavy atom. The third-order valence-electron chi connectivity index (χ3n) is 11.2. The first-order valence-electron chi connectivity index (χ1n) is 17.1. The lowest BCUT2D eigenvalue weighted by Gasteiger charge is -2.46. The molecule has 2 N–H and O–H groups in total. The fourth-order valence-corrected chi connectivity index (χ4v) is 8.78. The van der Waals surface area contributed by atoms with Crippen molar-refractivity contribution in [3.05, 3.63) is 63.6 Å². The van der Waals surface area contributed by atoms with Gasteiger partial charge in [0.05, 0.1) is 5.92 Å². The van der Waals surface area contributed by atoms with E-state index in [4.69, 9.17) is 0 Å². The summed E-state index contributed by atoms with van der Waals surface area (Å²) in [6.07, 6.45) is 5.63. The van der Waals surface area contributed by atoms with Gasteiger partial charge in [-0.2, -0.15) is 0 Å². The number of hydrogen-bond donors (Lipinski definition) is 2. The maximum Gasteiger partial charge on any atom is 0.407 e. The number of carboxylic acid groups (broad SMARTS) is 1. The molecule has 3 fully saturated rings. The Labute approximate surface area is 281 Å². The van der Waals surface area contributed by atoms with Crippen molar-refractivity contribution in [3.8, 4) is 0 Å². The zero-order chi connectivity index (χ0) is 32.4. The second kappa shape index (κ2) is 14.3. The van der Waals surface area contributed by atoms with Crippen LogP contribution in [0.1, 0.15) is 55.2 Å². The van der Waals surface area contributed by atoms with Crippen LogP contribution in [-0.2, 0) is 17.6 Å². The molecule has 2 aromatic rings. The van der Waals surface area contributed by atoms with Crippen LogP contribution in [0.4, 0.5) is 15.3 Å². The first kappa shape index (κ1) is 32.8. The molecule has 0 spiro atoms. The number of amides is 4. The monoisotopic (exact) mass is 693 g/mol. The molecule has 0 saturated carbocycles. The Morgan fingerprint density at radius 3 is 2.35 bits per heavy atom. The minimum absolute atomic E-state index is 0.0446. The van der Waals surface area contributed by atoms with Crippen molar-refractivity contribution < 1.29 is 19.5 Å². The van der Waals surface area contributed by atoms with Crippen molar-refractivity contribution in [1.29, 1.82) is 0 Å². The highest BCUT2D eigenvalue weighted by Crippen LogP contribution is 2.36. The van der Waals surface area contributed by atoms with Gasteiger partial charge in [-0.1, -0.05) is 46.3 Å². The van der Waals surface area contributed by atoms with Gasteiger partial charge in [0.15, 0.2) is 0 Å². The normalized spacial score (nSPS) is 24.2. The van der Waals surface area contributed by atoms with E-state index in [0.717, 1.165) is 78.2 Å². The molecule has 3 atom stereocenters. The number of urea groups is 1. The van der Waals surface area contributed by atoms with Gasteiger partial charge in [0.2, 0.25) is 5.91 Å². The molecular formula is C36H48BrN5O4. The average Bonchev–Trinajstić information content (AvgIpc) is 3.23. The fraction of sp³-hybridized carbons (Fsp3) is 0.583. The van der Waals surface area contributed by atoms with Gasteiger partial charge in [-0.3, -0.25) is 4.79 Å². The Hall–Kier alpha value is -3.11. The number of piperidine rings is 3. The third-order valence-corrected chi connectivity index (χ3v) is 12.1. The van der Waals surface area contributed by atoms with Crippen LogP contribution in [0.5, 0.6) is 0 Å². The van der Waals surface area contributed by atoms with Crippen molar-refractivity contribution in [2.75, 3.05) is 51.6 Å². The van der Waals surface area contributed by atoms with Crippen molar-refractivity contribution in [1.82, 2.24) is 19.6 Å². The molecular weight excluding hydrogens is 646 g/mol. The van der Waals surface area contributed by atoms with E-state index in [-0.39, 0.29) is 18.0 Å². The highest BCUT2D eigenvalue weighted by Gasteiger charge is 2.44. The van der Waals surface area contributed by atoms with Crippen LogP contribution < -0.4 is 5.32 Å². The van der Waals surface area contributed by atoms with Gasteiger partial charge in [0, 0.05) is 48.4 Å². The number of carbonyl (C=O) groups excluding carboxylic acids is 2. The molecule has 4 aliphatic rings. The summed E-state index contributed by atoms with van der Waals surface area (Å²) in [6, 6.07) is 13.2. The number of aryl methyl sites for hydroxylation is 1. The van der Waals surface area contributed by atoms with E-state index in [1.54, 1.807) is 0 Å². The molecule has 4 heterocycles. The number of hydrogen-bond acceptors (Lipinski definition) is 4. The first-order valence-corrected chi connectivity index (χ1v) is 17.8. The number of rotatable bonds is 6. The van der Waals surface area contributed by atoms with Crippen LogP contribution in [-0.4, -0.2) is 101 Å². The lowest BCUT2D eigenvalue weighted by molar-refractivity contribution is -0.140. The van der Waals surface area contributed by atoms with Crippen LogP contribution in [0.15, 0.2) is 46.9 Å². The van der Waals surface area contributed by atoms with E-state index in [1.807, 2.05) is 47.1 Å². The van der Waals surface area contributed by atoms with Gasteiger partial charge in [0.1, 0.15) is 0 Å². The van der Waals surface area contributed by atoms with E-state index >= 15 is 0 Å². The van der Waals surface area contributed by atoms with E-state index < -0.39 is 18.1 Å². The number of fused-ring (bicyclic) bond motifs is 1. The van der Waals surface area contributed by atoms with Crippen LogP contribution in [0.25, 0.3) is 0 Å². The minimum Gasteiger partial charge on any atom is -0.465 e. The summed E-state index contributed by atoms with van der Waals surface area (Å²) < 4.78 is 0.979. The maximum absolute atomic E-state index is 14.6. The van der Waals surface area contributed by atoms with Crippen molar-refractivity contribution >= 4 is 39.6 Å². The summed E-state index contributed by atoms with van der Waals surface area (Å²) in [4.78, 5) is 48.6. The second-order valence-electron chi connectivity index (χ2n) is 13.9. The van der Waals surface area contributed by atoms with Gasteiger partial charge in [-0.25, -0.2) is 9.59 Å². The van der Waals surface area contributed by atoms with E-state index in [9.17, 15) is 19.5 Å². The molecule has 9 nitrogen and oxygen atoms in total. The lowest BCUT2D eigenvalue weighted by atomic mass is 9.78. The molecule has 0 radical (unpaired) electrons. The SMILES string of the molecule is Cc1ccc(CC(C(=O)N2CCC(C3CCN(C)CC3)CC2)[C@H]2CC(N3CCc4ccccc4NC3=O)CCN2C(=O)O)cc1Br. The summed E-state index contributed by atoms with van der Waals surface area (Å²) in [5.74, 6) is 0.870. The highest BCUT2D eigenvalue weighted by atomic mass is 79.9. The van der Waals surface area contributed by atoms with Crippen LogP contribution in [0.3, 0.4) is 0 Å². The fourth-order valence-electron chi connectivity index (χ4n) is 8.35. The minimum atomic E-state index is -1.000. The molecule has 4 aliphatic heterocycles. The predicted octanol–water partition coefficient (Wildman–Crippen LogP) is 6.10. The summed E-state index contributed by atoms with van der Waals surface area (Å²) in [6.45, 7) is 6.62. The summed E-state index contributed by atoms with van der Waals surface area (Å²) >= 11 is 3.66. The molecule has 10 heteroatoms. The molecule has 3 saturated heterocycles. The largest absolute Gasteiger partial charge is 0.465 e. The molecule has 0 aromatic heterocycles. The summed E-state index contributed by atoms with van der Waals surface area (Å²) in [5.41, 5.74) is 4.05. The van der Waals surface area contributed by atoms with Crippen LogP contribution in [0, 0.1) is 24.7 Å². The number of benzene rings is 2. The van der Waals surface area contributed by atoms with E-state index in [1.165, 1.54) is 17.7 Å². The van der Waals surface area contributed by atoms with Gasteiger partial charge in [-0.15, -0.1) is 0 Å². The Bertz CT molecular complexity index is 1420.